The van der Waals surface area contributed by atoms with E-state index < -0.39 is 0 Å². The molecule has 0 radical (unpaired) electrons. The Balaban J connectivity index is 1.35. The number of H-pyrrole nitrogens is 1. The summed E-state index contributed by atoms with van der Waals surface area (Å²) in [5.74, 6) is 2.92. The number of pyridine rings is 1. The van der Waals surface area contributed by atoms with Crippen LogP contribution in [0.4, 0.5) is 0 Å². The minimum absolute atomic E-state index is 0.482. The molecule has 4 nitrogen and oxygen atoms in total. The van der Waals surface area contributed by atoms with Gasteiger partial charge < -0.3 is 4.98 Å². The second-order valence-corrected chi connectivity index (χ2v) is 9.82. The van der Waals surface area contributed by atoms with Crippen molar-refractivity contribution in [1.29, 1.82) is 0 Å². The Bertz CT molecular complexity index is 995. The summed E-state index contributed by atoms with van der Waals surface area (Å²) >= 11 is 6.70. The summed E-state index contributed by atoms with van der Waals surface area (Å²) in [5.41, 5.74) is 4.63. The summed E-state index contributed by atoms with van der Waals surface area (Å²) in [6, 6.07) is 1.99. The lowest BCUT2D eigenvalue weighted by Crippen LogP contribution is -2.48. The Labute approximate surface area is 164 Å². The molecule has 3 aromatic heterocycles. The number of halogens is 1. The van der Waals surface area contributed by atoms with E-state index in [0.717, 1.165) is 51.5 Å². The lowest BCUT2D eigenvalue weighted by atomic mass is 9.49. The molecule has 140 valence electrons. The average Bonchev–Trinajstić information content (AvgIpc) is 3.22. The highest BCUT2D eigenvalue weighted by Gasteiger charge is 2.51. The van der Waals surface area contributed by atoms with Crippen LogP contribution in [0.25, 0.3) is 22.2 Å². The van der Waals surface area contributed by atoms with Crippen molar-refractivity contribution < 1.29 is 0 Å². The van der Waals surface area contributed by atoms with E-state index in [1.54, 1.807) is 0 Å². The number of fused-ring (bicyclic) bond motifs is 1. The van der Waals surface area contributed by atoms with Crippen molar-refractivity contribution in [3.8, 4) is 11.1 Å². The Morgan fingerprint density at radius 1 is 1.11 bits per heavy atom. The second-order valence-electron chi connectivity index (χ2n) is 9.44. The molecule has 4 aliphatic carbocycles. The first-order valence-corrected chi connectivity index (χ1v) is 10.6. The lowest BCUT2D eigenvalue weighted by Gasteiger charge is -2.56. The molecule has 0 saturated heterocycles. The first-order valence-electron chi connectivity index (χ1n) is 10.2. The van der Waals surface area contributed by atoms with Gasteiger partial charge in [-0.15, -0.1) is 0 Å². The monoisotopic (exact) mass is 380 g/mol. The maximum Gasteiger partial charge on any atom is 0.138 e. The quantitative estimate of drug-likeness (QED) is 0.642. The number of nitrogens with zero attached hydrogens (tertiary/aromatic N) is 3. The molecule has 4 aliphatic rings. The van der Waals surface area contributed by atoms with Gasteiger partial charge in [0.15, 0.2) is 0 Å². The van der Waals surface area contributed by atoms with E-state index in [-0.39, 0.29) is 0 Å². The van der Waals surface area contributed by atoms with Gasteiger partial charge in [-0.3, -0.25) is 4.68 Å². The van der Waals surface area contributed by atoms with Crippen molar-refractivity contribution in [3.63, 3.8) is 0 Å². The van der Waals surface area contributed by atoms with Gasteiger partial charge in [-0.1, -0.05) is 11.6 Å². The van der Waals surface area contributed by atoms with E-state index in [0.29, 0.717) is 5.41 Å². The largest absolute Gasteiger partial charge is 0.346 e. The molecule has 27 heavy (non-hydrogen) atoms. The van der Waals surface area contributed by atoms with Gasteiger partial charge in [-0.25, -0.2) is 4.98 Å². The summed E-state index contributed by atoms with van der Waals surface area (Å²) in [4.78, 5) is 7.66. The summed E-state index contributed by atoms with van der Waals surface area (Å²) in [6.45, 7) is 3.25. The summed E-state index contributed by atoms with van der Waals surface area (Å²) in [7, 11) is 0. The molecule has 3 heterocycles. The van der Waals surface area contributed by atoms with Gasteiger partial charge in [0.25, 0.3) is 0 Å². The Kier molecular flexibility index (Phi) is 3.36. The second kappa shape index (κ2) is 5.60. The van der Waals surface area contributed by atoms with Crippen LogP contribution in [-0.2, 0) is 6.54 Å². The average molecular weight is 381 g/mol. The van der Waals surface area contributed by atoms with E-state index in [2.05, 4.69) is 21.6 Å². The van der Waals surface area contributed by atoms with Gasteiger partial charge >= 0.3 is 0 Å². The maximum absolute atomic E-state index is 6.70. The third-order valence-corrected chi connectivity index (χ3v) is 7.97. The van der Waals surface area contributed by atoms with E-state index in [9.17, 15) is 0 Å². The molecule has 0 unspecified atom stereocenters. The number of rotatable bonds is 3. The molecule has 5 heteroatoms. The molecule has 3 aromatic rings. The van der Waals surface area contributed by atoms with E-state index in [1.165, 1.54) is 44.2 Å². The van der Waals surface area contributed by atoms with Crippen molar-refractivity contribution in [2.45, 2.75) is 52.0 Å². The predicted octanol–water partition coefficient (Wildman–Crippen LogP) is 5.60. The fraction of sp³-hybridized carbons (Fsp3) is 0.545. The van der Waals surface area contributed by atoms with Crippen molar-refractivity contribution in [2.75, 3.05) is 0 Å². The zero-order valence-electron chi connectivity index (χ0n) is 15.7. The smallest absolute Gasteiger partial charge is 0.138 e. The zero-order valence-corrected chi connectivity index (χ0v) is 16.5. The minimum atomic E-state index is 0.482. The third-order valence-electron chi connectivity index (χ3n) is 7.56. The highest BCUT2D eigenvalue weighted by atomic mass is 35.5. The molecule has 1 N–H and O–H groups in total. The first kappa shape index (κ1) is 16.2. The van der Waals surface area contributed by atoms with Crippen LogP contribution in [0.2, 0.25) is 5.02 Å². The Morgan fingerprint density at radius 3 is 2.52 bits per heavy atom. The molecular formula is C22H25ClN4. The molecule has 4 fully saturated rings. The molecule has 0 amide bonds. The van der Waals surface area contributed by atoms with Crippen molar-refractivity contribution in [1.82, 2.24) is 19.7 Å². The first-order chi connectivity index (χ1) is 13.1. The number of nitrogens with one attached hydrogen (secondary N) is 1. The topological polar surface area (TPSA) is 46.5 Å². The Morgan fingerprint density at radius 2 is 1.81 bits per heavy atom. The van der Waals surface area contributed by atoms with Crippen LogP contribution in [0.1, 0.15) is 44.2 Å². The van der Waals surface area contributed by atoms with Gasteiger partial charge in [-0.2, -0.15) is 5.10 Å². The molecule has 0 aliphatic heterocycles. The van der Waals surface area contributed by atoms with Gasteiger partial charge in [0.1, 0.15) is 5.65 Å². The molecule has 4 bridgehead atoms. The molecule has 7 rings (SSSR count). The van der Waals surface area contributed by atoms with Crippen LogP contribution in [0.5, 0.6) is 0 Å². The van der Waals surface area contributed by atoms with E-state index >= 15 is 0 Å². The number of hydrogen-bond acceptors (Lipinski definition) is 2. The molecule has 0 aromatic carbocycles. The van der Waals surface area contributed by atoms with Gasteiger partial charge in [-0.05, 0) is 74.7 Å². The van der Waals surface area contributed by atoms with Crippen LogP contribution in [0.15, 0.2) is 24.7 Å². The van der Waals surface area contributed by atoms with Gasteiger partial charge in [0.2, 0.25) is 0 Å². The minimum Gasteiger partial charge on any atom is -0.346 e. The number of aromatic nitrogens is 4. The van der Waals surface area contributed by atoms with E-state index in [1.807, 2.05) is 24.7 Å². The standard InChI is InChI=1S/C22H25ClN4/c1-13-18(19-10-25-21-17(20(19)23)2-3-24-21)11-26-27(13)12-22-7-14-4-15(8-22)6-16(5-14)9-22/h2-3,10-11,14-16H,4-9,12H2,1H3,(H,24,25). The molecule has 0 atom stereocenters. The van der Waals surface area contributed by atoms with Crippen LogP contribution in [-0.4, -0.2) is 19.7 Å². The van der Waals surface area contributed by atoms with Crippen LogP contribution in [0.3, 0.4) is 0 Å². The fourth-order valence-corrected chi connectivity index (χ4v) is 7.14. The summed E-state index contributed by atoms with van der Waals surface area (Å²) < 4.78 is 2.25. The van der Waals surface area contributed by atoms with Crippen LogP contribution in [0, 0.1) is 30.1 Å². The molecule has 0 spiro atoms. The van der Waals surface area contributed by atoms with Crippen LogP contribution >= 0.6 is 11.6 Å². The zero-order chi connectivity index (χ0) is 18.2. The normalized spacial score (nSPS) is 31.9. The number of aromatic amines is 1. The van der Waals surface area contributed by atoms with Gasteiger partial charge in [0, 0.05) is 41.1 Å². The fourth-order valence-electron chi connectivity index (χ4n) is 6.83. The van der Waals surface area contributed by atoms with E-state index in [4.69, 9.17) is 16.7 Å². The maximum atomic E-state index is 6.70. The predicted molar refractivity (Wildman–Crippen MR) is 108 cm³/mol. The highest BCUT2D eigenvalue weighted by Crippen LogP contribution is 2.60. The summed E-state index contributed by atoms with van der Waals surface area (Å²) in [6.07, 6.45) is 14.4. The van der Waals surface area contributed by atoms with Gasteiger partial charge in [0.05, 0.1) is 11.2 Å². The SMILES string of the molecule is Cc1c(-c2cnc3[nH]ccc3c2Cl)cnn1CC12CC3CC(CC(C3)C1)C2. The van der Waals surface area contributed by atoms with Crippen LogP contribution < -0.4 is 0 Å². The highest BCUT2D eigenvalue weighted by molar-refractivity contribution is 6.38. The van der Waals surface area contributed by atoms with Crippen molar-refractivity contribution in [3.05, 3.63) is 35.4 Å². The summed E-state index contributed by atoms with van der Waals surface area (Å²) in [5, 5.41) is 6.54. The van der Waals surface area contributed by atoms with Crippen molar-refractivity contribution >= 4 is 22.6 Å². The number of hydrogen-bond donors (Lipinski definition) is 1. The Hall–Kier alpha value is -1.81. The molecular weight excluding hydrogens is 356 g/mol. The molecule has 4 saturated carbocycles. The third kappa shape index (κ3) is 2.42. The van der Waals surface area contributed by atoms with Crippen molar-refractivity contribution in [2.24, 2.45) is 23.2 Å². The lowest BCUT2D eigenvalue weighted by molar-refractivity contribution is -0.0638.